The molecule has 0 bridgehead atoms. The third kappa shape index (κ3) is 4.44. The maximum atomic E-state index is 12.4. The van der Waals surface area contributed by atoms with E-state index in [4.69, 9.17) is 0 Å². The topological polar surface area (TPSA) is 12.0 Å². The molecule has 0 saturated heterocycles. The van der Waals surface area contributed by atoms with Crippen LogP contribution in [0.25, 0.3) is 0 Å². The highest BCUT2D eigenvalue weighted by Gasteiger charge is 2.29. The zero-order valence-corrected chi connectivity index (χ0v) is 11.0. The average Bonchev–Trinajstić information content (AvgIpc) is 2.39. The van der Waals surface area contributed by atoms with E-state index < -0.39 is 11.7 Å². The number of hydrogen-bond acceptors (Lipinski definition) is 1. The van der Waals surface area contributed by atoms with Crippen molar-refractivity contribution in [2.75, 3.05) is 11.9 Å². The number of anilines is 1. The van der Waals surface area contributed by atoms with Gasteiger partial charge in [0.25, 0.3) is 0 Å². The van der Waals surface area contributed by atoms with Crippen LogP contribution in [-0.4, -0.2) is 6.54 Å². The molecule has 2 rings (SSSR count). The summed E-state index contributed by atoms with van der Waals surface area (Å²) in [6, 6.07) is 5.26. The molecule has 1 fully saturated rings. The Hall–Kier alpha value is -1.19. The number of hydrogen-bond donors (Lipinski definition) is 1. The maximum absolute atomic E-state index is 12.4. The number of nitrogens with one attached hydrogen (secondary N) is 1. The zero-order valence-electron chi connectivity index (χ0n) is 11.0. The molecule has 0 aliphatic heterocycles. The summed E-state index contributed by atoms with van der Waals surface area (Å²) in [7, 11) is 0. The highest BCUT2D eigenvalue weighted by atomic mass is 19.4. The van der Waals surface area contributed by atoms with Gasteiger partial charge in [-0.1, -0.05) is 32.1 Å². The van der Waals surface area contributed by atoms with Crippen LogP contribution in [0.1, 0.15) is 44.1 Å². The minimum absolute atomic E-state index is 0.592. The Bertz CT molecular complexity index is 377. The molecular weight excluding hydrogens is 251 g/mol. The van der Waals surface area contributed by atoms with Crippen LogP contribution in [0.4, 0.5) is 18.9 Å². The SMILES string of the molecule is FC(F)(F)c1ccc(NCCC2CCCCC2)cc1. The number of benzene rings is 1. The van der Waals surface area contributed by atoms with Crippen molar-refractivity contribution in [2.45, 2.75) is 44.7 Å². The highest BCUT2D eigenvalue weighted by molar-refractivity contribution is 5.45. The Morgan fingerprint density at radius 2 is 1.63 bits per heavy atom. The summed E-state index contributed by atoms with van der Waals surface area (Å²) in [6.45, 7) is 0.843. The molecule has 1 nitrogen and oxygen atoms in total. The van der Waals surface area contributed by atoms with Crippen molar-refractivity contribution in [3.05, 3.63) is 29.8 Å². The van der Waals surface area contributed by atoms with Crippen molar-refractivity contribution < 1.29 is 13.2 Å². The molecule has 1 N–H and O–H groups in total. The van der Waals surface area contributed by atoms with Gasteiger partial charge in [-0.05, 0) is 36.6 Å². The van der Waals surface area contributed by atoms with Crippen LogP contribution in [0.2, 0.25) is 0 Å². The van der Waals surface area contributed by atoms with E-state index in [0.29, 0.717) is 0 Å². The number of halogens is 3. The second-order valence-electron chi connectivity index (χ2n) is 5.29. The largest absolute Gasteiger partial charge is 0.416 e. The van der Waals surface area contributed by atoms with Gasteiger partial charge in [-0.15, -0.1) is 0 Å². The van der Waals surface area contributed by atoms with Crippen molar-refractivity contribution in [1.82, 2.24) is 0 Å². The van der Waals surface area contributed by atoms with Crippen molar-refractivity contribution in [3.8, 4) is 0 Å². The molecule has 1 aliphatic rings. The standard InChI is InChI=1S/C15H20F3N/c16-15(17,18)13-6-8-14(9-7-13)19-11-10-12-4-2-1-3-5-12/h6-9,12,19H,1-5,10-11H2. The Morgan fingerprint density at radius 1 is 1.00 bits per heavy atom. The van der Waals surface area contributed by atoms with Crippen molar-refractivity contribution in [2.24, 2.45) is 5.92 Å². The predicted octanol–water partition coefficient (Wildman–Crippen LogP) is 5.09. The predicted molar refractivity (Wildman–Crippen MR) is 71.1 cm³/mol. The van der Waals surface area contributed by atoms with Crippen molar-refractivity contribution >= 4 is 5.69 Å². The fourth-order valence-electron chi connectivity index (χ4n) is 2.67. The van der Waals surface area contributed by atoms with Crippen LogP contribution in [0.3, 0.4) is 0 Å². The van der Waals surface area contributed by atoms with E-state index in [1.807, 2.05) is 0 Å². The highest BCUT2D eigenvalue weighted by Crippen LogP contribution is 2.30. The van der Waals surface area contributed by atoms with Crippen LogP contribution in [-0.2, 0) is 6.18 Å². The smallest absolute Gasteiger partial charge is 0.385 e. The molecule has 0 atom stereocenters. The second-order valence-corrected chi connectivity index (χ2v) is 5.29. The minimum Gasteiger partial charge on any atom is -0.385 e. The molecule has 1 aromatic carbocycles. The fraction of sp³-hybridized carbons (Fsp3) is 0.600. The van der Waals surface area contributed by atoms with E-state index >= 15 is 0 Å². The first-order chi connectivity index (χ1) is 9.05. The third-order valence-corrected chi connectivity index (χ3v) is 3.82. The lowest BCUT2D eigenvalue weighted by Crippen LogP contribution is -2.12. The summed E-state index contributed by atoms with van der Waals surface area (Å²) in [5, 5.41) is 3.20. The zero-order chi connectivity index (χ0) is 13.7. The van der Waals surface area contributed by atoms with Crippen LogP contribution in [0, 0.1) is 5.92 Å². The van der Waals surface area contributed by atoms with Crippen LogP contribution in [0.5, 0.6) is 0 Å². The van der Waals surface area contributed by atoms with E-state index in [-0.39, 0.29) is 0 Å². The van der Waals surface area contributed by atoms with Gasteiger partial charge in [0.2, 0.25) is 0 Å². The minimum atomic E-state index is -4.25. The van der Waals surface area contributed by atoms with Gasteiger partial charge in [-0.25, -0.2) is 0 Å². The molecule has 1 saturated carbocycles. The fourth-order valence-corrected chi connectivity index (χ4v) is 2.67. The Morgan fingerprint density at radius 3 is 2.21 bits per heavy atom. The van der Waals surface area contributed by atoms with Gasteiger partial charge in [0, 0.05) is 12.2 Å². The maximum Gasteiger partial charge on any atom is 0.416 e. The Balaban J connectivity index is 1.76. The molecule has 0 unspecified atom stereocenters. The van der Waals surface area contributed by atoms with E-state index in [0.717, 1.165) is 36.7 Å². The first-order valence-electron chi connectivity index (χ1n) is 6.97. The molecule has 0 amide bonds. The van der Waals surface area contributed by atoms with Gasteiger partial charge in [0.05, 0.1) is 5.56 Å². The van der Waals surface area contributed by atoms with Crippen LogP contribution < -0.4 is 5.32 Å². The van der Waals surface area contributed by atoms with Gasteiger partial charge in [0.1, 0.15) is 0 Å². The average molecular weight is 271 g/mol. The first kappa shape index (κ1) is 14.2. The molecule has 106 valence electrons. The Labute approximate surface area is 112 Å². The summed E-state index contributed by atoms with van der Waals surface area (Å²) < 4.78 is 37.2. The summed E-state index contributed by atoms with van der Waals surface area (Å²) in [5.74, 6) is 0.788. The lowest BCUT2D eigenvalue weighted by atomic mass is 9.87. The molecule has 0 spiro atoms. The molecular formula is C15H20F3N. The van der Waals surface area contributed by atoms with Crippen LogP contribution >= 0.6 is 0 Å². The van der Waals surface area contributed by atoms with E-state index in [1.54, 1.807) is 0 Å². The summed E-state index contributed by atoms with van der Waals surface area (Å²) >= 11 is 0. The lowest BCUT2D eigenvalue weighted by Gasteiger charge is -2.21. The summed E-state index contributed by atoms with van der Waals surface area (Å²) in [4.78, 5) is 0. The first-order valence-corrected chi connectivity index (χ1v) is 6.97. The summed E-state index contributed by atoms with van der Waals surface area (Å²) in [6.07, 6.45) is 3.46. The van der Waals surface area contributed by atoms with Gasteiger partial charge < -0.3 is 5.32 Å². The molecule has 0 heterocycles. The van der Waals surface area contributed by atoms with Crippen LogP contribution in [0.15, 0.2) is 24.3 Å². The van der Waals surface area contributed by atoms with E-state index in [1.165, 1.54) is 44.2 Å². The summed E-state index contributed by atoms with van der Waals surface area (Å²) in [5.41, 5.74) is 0.175. The molecule has 0 aromatic heterocycles. The van der Waals surface area contributed by atoms with Gasteiger partial charge >= 0.3 is 6.18 Å². The van der Waals surface area contributed by atoms with Gasteiger partial charge in [0.15, 0.2) is 0 Å². The monoisotopic (exact) mass is 271 g/mol. The molecule has 0 radical (unpaired) electrons. The van der Waals surface area contributed by atoms with Gasteiger partial charge in [-0.3, -0.25) is 0 Å². The van der Waals surface area contributed by atoms with Crippen molar-refractivity contribution in [1.29, 1.82) is 0 Å². The molecule has 1 aromatic rings. The quantitative estimate of drug-likeness (QED) is 0.804. The molecule has 19 heavy (non-hydrogen) atoms. The van der Waals surface area contributed by atoms with Gasteiger partial charge in [-0.2, -0.15) is 13.2 Å². The van der Waals surface area contributed by atoms with Crippen molar-refractivity contribution in [3.63, 3.8) is 0 Å². The lowest BCUT2D eigenvalue weighted by molar-refractivity contribution is -0.137. The molecule has 4 heteroatoms. The number of rotatable bonds is 4. The van der Waals surface area contributed by atoms with E-state index in [9.17, 15) is 13.2 Å². The normalized spacial score (nSPS) is 17.4. The molecule has 1 aliphatic carbocycles. The third-order valence-electron chi connectivity index (χ3n) is 3.82. The second kappa shape index (κ2) is 6.31. The Kier molecular flexibility index (Phi) is 4.72. The van der Waals surface area contributed by atoms with E-state index in [2.05, 4.69) is 5.32 Å². The number of alkyl halides is 3.